The van der Waals surface area contributed by atoms with Crippen LogP contribution < -0.4 is 10.1 Å². The van der Waals surface area contributed by atoms with Gasteiger partial charge >= 0.3 is 0 Å². The zero-order valence-electron chi connectivity index (χ0n) is 13.5. The fourth-order valence-corrected chi connectivity index (χ4v) is 2.89. The largest absolute Gasteiger partial charge is 0.484 e. The first-order chi connectivity index (χ1) is 10.6. The van der Waals surface area contributed by atoms with Crippen molar-refractivity contribution in [1.29, 1.82) is 0 Å². The van der Waals surface area contributed by atoms with E-state index in [0.29, 0.717) is 6.04 Å². The molecular formula is C18H23ClN2O2. The van der Waals surface area contributed by atoms with Gasteiger partial charge in [-0.3, -0.25) is 4.79 Å². The number of rotatable bonds is 3. The molecule has 3 rings (SSSR count). The third kappa shape index (κ3) is 3.95. The van der Waals surface area contributed by atoms with E-state index in [2.05, 4.69) is 25.2 Å². The van der Waals surface area contributed by atoms with Gasteiger partial charge < -0.3 is 15.0 Å². The summed E-state index contributed by atoms with van der Waals surface area (Å²) in [6.45, 7) is 5.85. The Kier molecular flexibility index (Phi) is 5.85. The average Bonchev–Trinajstić information content (AvgIpc) is 2.55. The van der Waals surface area contributed by atoms with E-state index in [1.54, 1.807) is 0 Å². The predicted molar refractivity (Wildman–Crippen MR) is 95.3 cm³/mol. The third-order valence-corrected chi connectivity index (χ3v) is 4.44. The van der Waals surface area contributed by atoms with Gasteiger partial charge in [0.2, 0.25) is 0 Å². The molecule has 0 aromatic heterocycles. The Morgan fingerprint density at radius 1 is 1.22 bits per heavy atom. The fraction of sp³-hybridized carbons (Fsp3) is 0.389. The summed E-state index contributed by atoms with van der Waals surface area (Å²) in [5, 5.41) is 5.67. The highest BCUT2D eigenvalue weighted by Gasteiger charge is 2.28. The maximum atomic E-state index is 12.4. The molecule has 1 N–H and O–H groups in total. The van der Waals surface area contributed by atoms with E-state index in [-0.39, 0.29) is 31.0 Å². The maximum absolute atomic E-state index is 12.4. The Labute approximate surface area is 143 Å². The number of hydrogen-bond acceptors (Lipinski definition) is 3. The van der Waals surface area contributed by atoms with Crippen LogP contribution in [0, 0.1) is 0 Å². The number of halogens is 1. The van der Waals surface area contributed by atoms with Crippen molar-refractivity contribution in [3.8, 4) is 5.75 Å². The molecule has 2 atom stereocenters. The van der Waals surface area contributed by atoms with Gasteiger partial charge in [0.25, 0.3) is 5.91 Å². The van der Waals surface area contributed by atoms with Crippen molar-refractivity contribution in [2.45, 2.75) is 25.9 Å². The minimum absolute atomic E-state index is 0. The van der Waals surface area contributed by atoms with Crippen molar-refractivity contribution in [3.05, 3.63) is 42.5 Å². The molecule has 1 amide bonds. The van der Waals surface area contributed by atoms with Crippen molar-refractivity contribution in [1.82, 2.24) is 10.2 Å². The molecule has 4 nitrogen and oxygen atoms in total. The smallest absolute Gasteiger partial charge is 0.260 e. The molecule has 5 heteroatoms. The monoisotopic (exact) mass is 334 g/mol. The van der Waals surface area contributed by atoms with Crippen molar-refractivity contribution >= 4 is 29.1 Å². The lowest BCUT2D eigenvalue weighted by Crippen LogP contribution is -2.58. The molecule has 1 aliphatic rings. The molecule has 1 fully saturated rings. The highest BCUT2D eigenvalue weighted by atomic mass is 35.5. The minimum Gasteiger partial charge on any atom is -0.484 e. The second-order valence-corrected chi connectivity index (χ2v) is 5.87. The van der Waals surface area contributed by atoms with Crippen LogP contribution in [-0.4, -0.2) is 42.6 Å². The summed E-state index contributed by atoms with van der Waals surface area (Å²) in [7, 11) is 0. The van der Waals surface area contributed by atoms with E-state index in [4.69, 9.17) is 4.74 Å². The van der Waals surface area contributed by atoms with Crippen LogP contribution in [0.5, 0.6) is 5.75 Å². The first-order valence-electron chi connectivity index (χ1n) is 7.79. The van der Waals surface area contributed by atoms with Gasteiger partial charge in [0.15, 0.2) is 6.61 Å². The summed E-state index contributed by atoms with van der Waals surface area (Å²) >= 11 is 0. The molecule has 1 aliphatic heterocycles. The summed E-state index contributed by atoms with van der Waals surface area (Å²) in [6.07, 6.45) is 0. The molecule has 124 valence electrons. The van der Waals surface area contributed by atoms with Crippen molar-refractivity contribution < 1.29 is 9.53 Å². The van der Waals surface area contributed by atoms with E-state index in [1.807, 2.05) is 41.3 Å². The summed E-state index contributed by atoms with van der Waals surface area (Å²) in [5.41, 5.74) is 0. The van der Waals surface area contributed by atoms with E-state index in [0.717, 1.165) is 24.2 Å². The number of carbonyl (C=O) groups excluding carboxylic acids is 1. The molecule has 1 saturated heterocycles. The minimum atomic E-state index is 0. The summed E-state index contributed by atoms with van der Waals surface area (Å²) in [4.78, 5) is 14.3. The van der Waals surface area contributed by atoms with Crippen molar-refractivity contribution in [3.63, 3.8) is 0 Å². The zero-order chi connectivity index (χ0) is 15.5. The Bertz CT molecular complexity index is 677. The lowest BCUT2D eigenvalue weighted by Gasteiger charge is -2.38. The lowest BCUT2D eigenvalue weighted by molar-refractivity contribution is -0.137. The van der Waals surface area contributed by atoms with E-state index < -0.39 is 0 Å². The molecular weight excluding hydrogens is 312 g/mol. The van der Waals surface area contributed by atoms with Gasteiger partial charge in [-0.25, -0.2) is 0 Å². The normalized spacial score (nSPS) is 20.9. The summed E-state index contributed by atoms with van der Waals surface area (Å²) in [6, 6.07) is 14.6. The maximum Gasteiger partial charge on any atom is 0.260 e. The van der Waals surface area contributed by atoms with Gasteiger partial charge in [0, 0.05) is 25.2 Å². The highest BCUT2D eigenvalue weighted by Crippen LogP contribution is 2.20. The van der Waals surface area contributed by atoms with Crippen LogP contribution >= 0.6 is 12.4 Å². The molecule has 0 spiro atoms. The number of benzene rings is 2. The SMILES string of the molecule is CC1NCCN(C(=O)COc2ccc3ccccc3c2)C1C.Cl. The molecule has 2 aromatic rings. The van der Waals surface area contributed by atoms with Gasteiger partial charge in [-0.15, -0.1) is 12.4 Å². The molecule has 0 aliphatic carbocycles. The second kappa shape index (κ2) is 7.66. The fourth-order valence-electron chi connectivity index (χ4n) is 2.89. The average molecular weight is 335 g/mol. The van der Waals surface area contributed by atoms with Crippen molar-refractivity contribution in [2.75, 3.05) is 19.7 Å². The number of hydrogen-bond donors (Lipinski definition) is 1. The predicted octanol–water partition coefficient (Wildman–Crippen LogP) is 2.85. The zero-order valence-corrected chi connectivity index (χ0v) is 14.3. The Morgan fingerprint density at radius 2 is 1.96 bits per heavy atom. The number of fused-ring (bicyclic) bond motifs is 1. The van der Waals surface area contributed by atoms with Gasteiger partial charge in [-0.05, 0) is 36.8 Å². The van der Waals surface area contributed by atoms with Crippen LogP contribution in [-0.2, 0) is 4.79 Å². The first-order valence-corrected chi connectivity index (χ1v) is 7.79. The van der Waals surface area contributed by atoms with E-state index >= 15 is 0 Å². The van der Waals surface area contributed by atoms with Crippen LogP contribution in [0.3, 0.4) is 0 Å². The summed E-state index contributed by atoms with van der Waals surface area (Å²) < 4.78 is 5.70. The molecule has 1 heterocycles. The quantitative estimate of drug-likeness (QED) is 0.938. The van der Waals surface area contributed by atoms with Gasteiger partial charge in [-0.2, -0.15) is 0 Å². The Balaban J connectivity index is 0.00000192. The number of piperazine rings is 1. The first kappa shape index (κ1) is 17.6. The van der Waals surface area contributed by atoms with E-state index in [1.165, 1.54) is 5.39 Å². The highest BCUT2D eigenvalue weighted by molar-refractivity contribution is 5.85. The van der Waals surface area contributed by atoms with Crippen LogP contribution in [0.15, 0.2) is 42.5 Å². The molecule has 23 heavy (non-hydrogen) atoms. The van der Waals surface area contributed by atoms with Gasteiger partial charge in [0.05, 0.1) is 0 Å². The Hall–Kier alpha value is -1.78. The van der Waals surface area contributed by atoms with Crippen LogP contribution in [0.25, 0.3) is 10.8 Å². The van der Waals surface area contributed by atoms with Gasteiger partial charge in [-0.1, -0.05) is 30.3 Å². The number of amides is 1. The Morgan fingerprint density at radius 3 is 2.74 bits per heavy atom. The van der Waals surface area contributed by atoms with Crippen LogP contribution in [0.1, 0.15) is 13.8 Å². The standard InChI is InChI=1S/C18H22N2O2.ClH/c1-13-14(2)20(10-9-19-13)18(21)12-22-17-8-7-15-5-3-4-6-16(15)11-17;/h3-8,11,13-14,19H,9-10,12H2,1-2H3;1H. The van der Waals surface area contributed by atoms with Crippen LogP contribution in [0.2, 0.25) is 0 Å². The third-order valence-electron chi connectivity index (χ3n) is 4.44. The molecule has 0 radical (unpaired) electrons. The van der Waals surface area contributed by atoms with Gasteiger partial charge in [0.1, 0.15) is 5.75 Å². The summed E-state index contributed by atoms with van der Waals surface area (Å²) in [5.74, 6) is 0.789. The number of nitrogens with zero attached hydrogens (tertiary/aromatic N) is 1. The molecule has 2 aromatic carbocycles. The van der Waals surface area contributed by atoms with Crippen LogP contribution in [0.4, 0.5) is 0 Å². The molecule has 0 bridgehead atoms. The topological polar surface area (TPSA) is 41.6 Å². The van der Waals surface area contributed by atoms with Crippen molar-refractivity contribution in [2.24, 2.45) is 0 Å². The number of carbonyl (C=O) groups is 1. The molecule has 0 saturated carbocycles. The molecule has 2 unspecified atom stereocenters. The second-order valence-electron chi connectivity index (χ2n) is 5.87. The number of nitrogens with one attached hydrogen (secondary N) is 1. The van der Waals surface area contributed by atoms with E-state index in [9.17, 15) is 4.79 Å². The lowest BCUT2D eigenvalue weighted by atomic mass is 10.1. The number of ether oxygens (including phenoxy) is 1.